The summed E-state index contributed by atoms with van der Waals surface area (Å²) in [5.74, 6) is -0.929. The monoisotopic (exact) mass is 270 g/mol. The van der Waals surface area contributed by atoms with Gasteiger partial charge in [-0.3, -0.25) is 9.59 Å². The highest BCUT2D eigenvalue weighted by Gasteiger charge is 2.16. The topological polar surface area (TPSA) is 92.3 Å². The van der Waals surface area contributed by atoms with E-state index in [0.29, 0.717) is 0 Å². The Morgan fingerprint density at radius 1 is 1.17 bits per heavy atom. The van der Waals surface area contributed by atoms with Crippen molar-refractivity contribution >= 4 is 21.8 Å². The minimum Gasteiger partial charge on any atom is -0.356 e. The second kappa shape index (κ2) is 6.15. The van der Waals surface area contributed by atoms with Gasteiger partial charge in [0.1, 0.15) is 0 Å². The van der Waals surface area contributed by atoms with Crippen LogP contribution in [0.2, 0.25) is 0 Å². The fourth-order valence-electron chi connectivity index (χ4n) is 1.21. The van der Waals surface area contributed by atoms with Gasteiger partial charge in [0, 0.05) is 19.9 Å². The van der Waals surface area contributed by atoms with E-state index in [2.05, 4.69) is 5.32 Å². The Hall–Kier alpha value is -1.89. The summed E-state index contributed by atoms with van der Waals surface area (Å²) in [6.07, 6.45) is -0.0916. The number of sulfonamides is 1. The van der Waals surface area contributed by atoms with Crippen LogP contribution in [0.4, 0.5) is 0 Å². The molecule has 0 aromatic heterocycles. The Balaban J connectivity index is 2.56. The fraction of sp³-hybridized carbons (Fsp3) is 0.273. The van der Waals surface area contributed by atoms with E-state index in [4.69, 9.17) is 0 Å². The molecule has 7 heteroatoms. The normalized spacial score (nSPS) is 10.7. The zero-order chi connectivity index (χ0) is 13.6. The largest absolute Gasteiger partial charge is 0.356 e. The molecule has 0 aliphatic heterocycles. The first kappa shape index (κ1) is 14.2. The lowest BCUT2D eigenvalue weighted by Gasteiger charge is -2.06. The van der Waals surface area contributed by atoms with Gasteiger partial charge in [0.2, 0.25) is 11.8 Å². The summed E-state index contributed by atoms with van der Waals surface area (Å²) in [7, 11) is -3.82. The van der Waals surface area contributed by atoms with Gasteiger partial charge in [-0.25, -0.2) is 13.1 Å². The number of hydrogen-bond donors (Lipinski definition) is 2. The summed E-state index contributed by atoms with van der Waals surface area (Å²) < 4.78 is 25.4. The second-order valence-electron chi connectivity index (χ2n) is 3.57. The fourth-order valence-corrected chi connectivity index (χ4v) is 2.25. The van der Waals surface area contributed by atoms with Crippen LogP contribution in [0.15, 0.2) is 35.2 Å². The van der Waals surface area contributed by atoms with Crippen molar-refractivity contribution in [3.63, 3.8) is 0 Å². The quantitative estimate of drug-likeness (QED) is 0.788. The molecule has 0 heterocycles. The standard InChI is InChI=1S/C11H14N2O4S/c1-9(14)12-8-7-11(15)13-18(16,17)10-5-3-2-4-6-10/h2-6H,7-8H2,1H3,(H,12,14)(H,13,15). The van der Waals surface area contributed by atoms with E-state index in [1.165, 1.54) is 19.1 Å². The molecule has 0 saturated carbocycles. The van der Waals surface area contributed by atoms with Gasteiger partial charge in [0.15, 0.2) is 0 Å². The second-order valence-corrected chi connectivity index (χ2v) is 5.26. The zero-order valence-corrected chi connectivity index (χ0v) is 10.7. The molecule has 0 bridgehead atoms. The van der Waals surface area contributed by atoms with Crippen molar-refractivity contribution in [1.29, 1.82) is 0 Å². The molecule has 1 aromatic carbocycles. The van der Waals surface area contributed by atoms with Crippen LogP contribution in [0.25, 0.3) is 0 Å². The Morgan fingerprint density at radius 3 is 2.33 bits per heavy atom. The van der Waals surface area contributed by atoms with Crippen LogP contribution in [0, 0.1) is 0 Å². The van der Waals surface area contributed by atoms with Crippen LogP contribution < -0.4 is 10.0 Å². The summed E-state index contributed by atoms with van der Waals surface area (Å²) in [5.41, 5.74) is 0. The average Bonchev–Trinajstić information content (AvgIpc) is 2.29. The van der Waals surface area contributed by atoms with E-state index in [0.717, 1.165) is 0 Å². The van der Waals surface area contributed by atoms with E-state index in [1.54, 1.807) is 18.2 Å². The van der Waals surface area contributed by atoms with Gasteiger partial charge in [0.25, 0.3) is 10.0 Å². The summed E-state index contributed by atoms with van der Waals surface area (Å²) >= 11 is 0. The molecular weight excluding hydrogens is 256 g/mol. The van der Waals surface area contributed by atoms with Gasteiger partial charge >= 0.3 is 0 Å². The van der Waals surface area contributed by atoms with Gasteiger partial charge in [-0.15, -0.1) is 0 Å². The Kier molecular flexibility index (Phi) is 4.85. The lowest BCUT2D eigenvalue weighted by atomic mass is 10.4. The summed E-state index contributed by atoms with van der Waals surface area (Å²) in [5, 5.41) is 2.41. The molecule has 0 aliphatic carbocycles. The number of carbonyl (C=O) groups excluding carboxylic acids is 2. The van der Waals surface area contributed by atoms with Crippen molar-refractivity contribution in [1.82, 2.24) is 10.0 Å². The van der Waals surface area contributed by atoms with Crippen LogP contribution >= 0.6 is 0 Å². The average molecular weight is 270 g/mol. The maximum absolute atomic E-state index is 11.7. The number of amides is 2. The third-order valence-corrected chi connectivity index (χ3v) is 3.42. The molecule has 1 aromatic rings. The Labute approximate surface area is 105 Å². The van der Waals surface area contributed by atoms with Gasteiger partial charge in [-0.05, 0) is 12.1 Å². The first-order chi connectivity index (χ1) is 8.42. The third kappa shape index (κ3) is 4.54. The van der Waals surface area contributed by atoms with Gasteiger partial charge in [0.05, 0.1) is 4.90 Å². The summed E-state index contributed by atoms with van der Waals surface area (Å²) in [4.78, 5) is 22.0. The predicted molar refractivity (Wildman–Crippen MR) is 65.1 cm³/mol. The first-order valence-electron chi connectivity index (χ1n) is 5.27. The number of nitrogens with one attached hydrogen (secondary N) is 2. The first-order valence-corrected chi connectivity index (χ1v) is 6.75. The predicted octanol–water partition coefficient (Wildman–Crippen LogP) is 0.0177. The van der Waals surface area contributed by atoms with Gasteiger partial charge in [-0.1, -0.05) is 18.2 Å². The Morgan fingerprint density at radius 2 is 1.78 bits per heavy atom. The van der Waals surface area contributed by atoms with Gasteiger partial charge in [-0.2, -0.15) is 0 Å². The van der Waals surface area contributed by atoms with Crippen LogP contribution in [-0.4, -0.2) is 26.8 Å². The molecule has 0 fully saturated rings. The molecule has 1 rings (SSSR count). The molecule has 2 N–H and O–H groups in total. The van der Waals surface area contributed by atoms with Crippen LogP contribution in [-0.2, 0) is 19.6 Å². The highest BCUT2D eigenvalue weighted by molar-refractivity contribution is 7.90. The van der Waals surface area contributed by atoms with Crippen molar-refractivity contribution in [2.75, 3.05) is 6.54 Å². The lowest BCUT2D eigenvalue weighted by molar-refractivity contribution is -0.120. The molecule has 2 amide bonds. The van der Waals surface area contributed by atoms with Crippen molar-refractivity contribution in [2.24, 2.45) is 0 Å². The summed E-state index contributed by atoms with van der Waals surface area (Å²) in [6, 6.07) is 7.59. The van der Waals surface area contributed by atoms with E-state index in [9.17, 15) is 18.0 Å². The van der Waals surface area contributed by atoms with Crippen molar-refractivity contribution in [3.05, 3.63) is 30.3 Å². The zero-order valence-electron chi connectivity index (χ0n) is 9.84. The maximum Gasteiger partial charge on any atom is 0.264 e. The molecule has 18 heavy (non-hydrogen) atoms. The van der Waals surface area contributed by atoms with Crippen LogP contribution in [0.5, 0.6) is 0 Å². The molecule has 0 atom stereocenters. The number of carbonyl (C=O) groups is 2. The minimum absolute atomic E-state index is 0.0258. The van der Waals surface area contributed by atoms with Crippen LogP contribution in [0.3, 0.4) is 0 Å². The van der Waals surface area contributed by atoms with E-state index in [1.807, 2.05) is 4.72 Å². The molecule has 0 spiro atoms. The van der Waals surface area contributed by atoms with E-state index in [-0.39, 0.29) is 23.8 Å². The SMILES string of the molecule is CC(=O)NCCC(=O)NS(=O)(=O)c1ccccc1. The number of benzene rings is 1. The lowest BCUT2D eigenvalue weighted by Crippen LogP contribution is -2.33. The van der Waals surface area contributed by atoms with E-state index >= 15 is 0 Å². The van der Waals surface area contributed by atoms with Crippen LogP contribution in [0.1, 0.15) is 13.3 Å². The number of hydrogen-bond acceptors (Lipinski definition) is 4. The van der Waals surface area contributed by atoms with Gasteiger partial charge < -0.3 is 5.32 Å². The van der Waals surface area contributed by atoms with Crippen molar-refractivity contribution < 1.29 is 18.0 Å². The molecule has 0 radical (unpaired) electrons. The summed E-state index contributed by atoms with van der Waals surface area (Å²) in [6.45, 7) is 1.42. The number of rotatable bonds is 5. The Bertz CT molecular complexity index is 525. The highest BCUT2D eigenvalue weighted by Crippen LogP contribution is 2.06. The smallest absolute Gasteiger partial charge is 0.264 e. The minimum atomic E-state index is -3.82. The molecular formula is C11H14N2O4S. The molecule has 0 saturated heterocycles. The van der Waals surface area contributed by atoms with Crippen molar-refractivity contribution in [2.45, 2.75) is 18.2 Å². The maximum atomic E-state index is 11.7. The molecule has 0 unspecified atom stereocenters. The third-order valence-electron chi connectivity index (χ3n) is 2.03. The van der Waals surface area contributed by atoms with E-state index < -0.39 is 15.9 Å². The highest BCUT2D eigenvalue weighted by atomic mass is 32.2. The molecule has 6 nitrogen and oxygen atoms in total. The van der Waals surface area contributed by atoms with Crippen molar-refractivity contribution in [3.8, 4) is 0 Å². The molecule has 0 aliphatic rings. The molecule has 98 valence electrons.